The molecule has 0 saturated carbocycles. The number of carbonyl (C=O) groups excluding carboxylic acids is 1. The molecule has 1 atom stereocenters. The zero-order valence-corrected chi connectivity index (χ0v) is 18.0. The molecule has 0 radical (unpaired) electrons. The van der Waals surface area contributed by atoms with Crippen LogP contribution >= 0.6 is 0 Å². The van der Waals surface area contributed by atoms with Gasteiger partial charge in [0.05, 0.1) is 0 Å². The molecule has 0 saturated heterocycles. The average Bonchev–Trinajstić information content (AvgIpc) is 2.47. The molecule has 1 unspecified atom stereocenters. The van der Waals surface area contributed by atoms with E-state index in [1.165, 1.54) is 56.3 Å². The third-order valence-corrected chi connectivity index (χ3v) is 20.5. The number of hydrogen-bond acceptors (Lipinski definition) is 2. The van der Waals surface area contributed by atoms with Gasteiger partial charge >= 0.3 is 137 Å². The standard InChI is InChI=1S/C6H11O2.3C4H9.Sn/c1-4-5(2)8-6(3)7;3*1-3-4-2;/h5H,2,4H2,1,3H3;3*1,3-4H2,2H3;. The third kappa shape index (κ3) is 9.80. The summed E-state index contributed by atoms with van der Waals surface area (Å²) in [5.41, 5.74) is 0. The first kappa shape index (κ1) is 21.3. The zero-order valence-electron chi connectivity index (χ0n) is 15.2. The Kier molecular flexibility index (Phi) is 12.9. The molecule has 0 aromatic rings. The normalized spacial score (nSPS) is 13.2. The molecule has 0 aliphatic carbocycles. The molecule has 0 aromatic heterocycles. The Labute approximate surface area is 137 Å². The number of esters is 1. The molecule has 2 nitrogen and oxygen atoms in total. The summed E-state index contributed by atoms with van der Waals surface area (Å²) in [7, 11) is 0. The van der Waals surface area contributed by atoms with Gasteiger partial charge in [-0.15, -0.1) is 0 Å². The minimum atomic E-state index is -2.14. The second-order valence-electron chi connectivity index (χ2n) is 6.65. The Balaban J connectivity index is 4.93. The monoisotopic (exact) mass is 406 g/mol. The summed E-state index contributed by atoms with van der Waals surface area (Å²) in [6, 6.07) is 0. The van der Waals surface area contributed by atoms with Crippen LogP contribution in [-0.4, -0.2) is 30.5 Å². The fourth-order valence-corrected chi connectivity index (χ4v) is 20.5. The van der Waals surface area contributed by atoms with E-state index >= 15 is 0 Å². The van der Waals surface area contributed by atoms with Crippen molar-refractivity contribution in [3.8, 4) is 0 Å². The molecule has 0 heterocycles. The molecule has 0 aliphatic rings. The van der Waals surface area contributed by atoms with Crippen LogP contribution in [0.1, 0.15) is 79.6 Å². The van der Waals surface area contributed by atoms with Gasteiger partial charge in [-0.3, -0.25) is 0 Å². The first-order chi connectivity index (χ1) is 10.0. The van der Waals surface area contributed by atoms with Crippen molar-refractivity contribution in [2.45, 2.75) is 103 Å². The van der Waals surface area contributed by atoms with E-state index in [0.717, 1.165) is 6.42 Å². The van der Waals surface area contributed by atoms with E-state index in [1.54, 1.807) is 6.92 Å². The van der Waals surface area contributed by atoms with E-state index in [0.29, 0.717) is 0 Å². The van der Waals surface area contributed by atoms with Gasteiger partial charge in [0.25, 0.3) is 0 Å². The summed E-state index contributed by atoms with van der Waals surface area (Å²) in [4.78, 5) is 11.3. The van der Waals surface area contributed by atoms with Crippen LogP contribution in [0, 0.1) is 0 Å². The molecular weight excluding hydrogens is 367 g/mol. The number of carbonyl (C=O) groups is 1. The second kappa shape index (κ2) is 12.8. The predicted molar refractivity (Wildman–Crippen MR) is 95.6 cm³/mol. The fourth-order valence-electron chi connectivity index (χ4n) is 3.32. The van der Waals surface area contributed by atoms with Crippen molar-refractivity contribution in [2.75, 3.05) is 0 Å². The molecular formula is C18H38O2Sn. The summed E-state index contributed by atoms with van der Waals surface area (Å²) in [6.45, 7) is 10.6. The van der Waals surface area contributed by atoms with Gasteiger partial charge in [-0.2, -0.15) is 0 Å². The summed E-state index contributed by atoms with van der Waals surface area (Å²) in [5.74, 6) is -0.0940. The van der Waals surface area contributed by atoms with E-state index in [4.69, 9.17) is 4.74 Å². The van der Waals surface area contributed by atoms with E-state index in [-0.39, 0.29) is 12.1 Å². The summed E-state index contributed by atoms with van der Waals surface area (Å²) >= 11 is -2.14. The van der Waals surface area contributed by atoms with Crippen LogP contribution in [0.2, 0.25) is 17.7 Å². The summed E-state index contributed by atoms with van der Waals surface area (Å²) < 4.78 is 11.4. The molecule has 0 aromatic carbocycles. The van der Waals surface area contributed by atoms with Crippen LogP contribution in [0.15, 0.2) is 0 Å². The first-order valence-corrected chi connectivity index (χ1v) is 17.3. The van der Waals surface area contributed by atoms with Gasteiger partial charge in [0, 0.05) is 0 Å². The maximum atomic E-state index is 11.3. The molecule has 21 heavy (non-hydrogen) atoms. The van der Waals surface area contributed by atoms with Gasteiger partial charge in [-0.1, -0.05) is 0 Å². The molecule has 0 amide bonds. The van der Waals surface area contributed by atoms with Crippen LogP contribution in [0.25, 0.3) is 0 Å². The molecule has 126 valence electrons. The van der Waals surface area contributed by atoms with E-state index in [2.05, 4.69) is 27.7 Å². The number of hydrogen-bond donors (Lipinski definition) is 0. The van der Waals surface area contributed by atoms with Gasteiger partial charge in [-0.05, 0) is 0 Å². The van der Waals surface area contributed by atoms with Crippen molar-refractivity contribution in [2.24, 2.45) is 0 Å². The van der Waals surface area contributed by atoms with Gasteiger partial charge in [0.2, 0.25) is 0 Å². The van der Waals surface area contributed by atoms with Crippen LogP contribution in [0.5, 0.6) is 0 Å². The molecule has 0 rings (SSSR count). The van der Waals surface area contributed by atoms with Gasteiger partial charge < -0.3 is 0 Å². The summed E-state index contributed by atoms with van der Waals surface area (Å²) in [5, 5.41) is 0. The van der Waals surface area contributed by atoms with Gasteiger partial charge in [-0.25, -0.2) is 0 Å². The van der Waals surface area contributed by atoms with Crippen molar-refractivity contribution in [3.63, 3.8) is 0 Å². The van der Waals surface area contributed by atoms with Crippen molar-refractivity contribution in [1.82, 2.24) is 0 Å². The van der Waals surface area contributed by atoms with Crippen LogP contribution in [0.4, 0.5) is 0 Å². The topological polar surface area (TPSA) is 26.3 Å². The molecule has 0 spiro atoms. The predicted octanol–water partition coefficient (Wildman–Crippen LogP) is 6.18. The SMILES string of the molecule is CCC[CH2][Sn]([CH2]CCC)([CH2]CCC)[CH2]C(CC)OC(C)=O. The van der Waals surface area contributed by atoms with E-state index in [1.807, 2.05) is 0 Å². The fraction of sp³-hybridized carbons (Fsp3) is 0.944. The van der Waals surface area contributed by atoms with Crippen LogP contribution in [0.3, 0.4) is 0 Å². The van der Waals surface area contributed by atoms with Crippen molar-refractivity contribution < 1.29 is 9.53 Å². The number of rotatable bonds is 13. The second-order valence-corrected chi connectivity index (χ2v) is 20.7. The van der Waals surface area contributed by atoms with Crippen LogP contribution < -0.4 is 0 Å². The Morgan fingerprint density at radius 3 is 1.62 bits per heavy atom. The number of ether oxygens (including phenoxy) is 1. The Hall–Kier alpha value is 0.269. The molecule has 3 heteroatoms. The Morgan fingerprint density at radius 1 is 0.905 bits per heavy atom. The summed E-state index contributed by atoms with van der Waals surface area (Å²) in [6.07, 6.45) is 9.27. The number of unbranched alkanes of at least 4 members (excludes halogenated alkanes) is 3. The Bertz CT molecular complexity index is 244. The van der Waals surface area contributed by atoms with E-state index in [9.17, 15) is 4.79 Å². The quantitative estimate of drug-likeness (QED) is 0.270. The van der Waals surface area contributed by atoms with Crippen molar-refractivity contribution >= 4 is 24.3 Å². The Morgan fingerprint density at radius 2 is 1.33 bits per heavy atom. The maximum absolute atomic E-state index is 11.3. The molecule has 0 fully saturated rings. The molecule has 0 aliphatic heterocycles. The minimum absolute atomic E-state index is 0.0940. The van der Waals surface area contributed by atoms with Crippen LogP contribution in [-0.2, 0) is 9.53 Å². The van der Waals surface area contributed by atoms with E-state index < -0.39 is 18.4 Å². The van der Waals surface area contributed by atoms with Crippen molar-refractivity contribution in [3.05, 3.63) is 0 Å². The first-order valence-electron chi connectivity index (χ1n) is 9.20. The van der Waals surface area contributed by atoms with Gasteiger partial charge in [0.15, 0.2) is 0 Å². The third-order valence-electron chi connectivity index (χ3n) is 4.63. The molecule has 0 N–H and O–H groups in total. The molecule has 0 bridgehead atoms. The van der Waals surface area contributed by atoms with Crippen molar-refractivity contribution in [1.29, 1.82) is 0 Å². The zero-order chi connectivity index (χ0) is 16.1. The van der Waals surface area contributed by atoms with Gasteiger partial charge in [0.1, 0.15) is 0 Å². The average molecular weight is 405 g/mol.